The van der Waals surface area contributed by atoms with E-state index in [0.717, 1.165) is 0 Å². The van der Waals surface area contributed by atoms with Crippen molar-refractivity contribution in [3.05, 3.63) is 21.9 Å². The van der Waals surface area contributed by atoms with Gasteiger partial charge in [0.25, 0.3) is 0 Å². The zero-order chi connectivity index (χ0) is 5.98. The highest BCUT2D eigenvalue weighted by atomic mass is 35.5. The molecule has 8 heavy (non-hydrogen) atoms. The third-order valence-electron chi connectivity index (χ3n) is 0.675. The van der Waals surface area contributed by atoms with Gasteiger partial charge in [-0.1, -0.05) is 23.8 Å². The van der Waals surface area contributed by atoms with Gasteiger partial charge in [0.1, 0.15) is 0 Å². The Bertz CT molecular complexity index is 231. The second kappa shape index (κ2) is 2.24. The monoisotopic (exact) mass is 146 g/mol. The Morgan fingerprint density at radius 1 is 1.75 bits per heavy atom. The van der Waals surface area contributed by atoms with Crippen LogP contribution in [0.15, 0.2) is 12.3 Å². The molecule has 0 amide bonds. The number of H-pyrrole nitrogens is 1. The van der Waals surface area contributed by atoms with Gasteiger partial charge >= 0.3 is 0 Å². The van der Waals surface area contributed by atoms with E-state index in [0.29, 0.717) is 9.66 Å². The Hall–Kier alpha value is -0.410. The third kappa shape index (κ3) is 1.05. The molecule has 0 aromatic carbocycles. The quantitative estimate of drug-likeness (QED) is 0.566. The van der Waals surface area contributed by atoms with Gasteiger partial charge < -0.3 is 0 Å². The normalized spacial score (nSPS) is 9.12. The largest absolute Gasteiger partial charge is 0.284 e. The van der Waals surface area contributed by atoms with Crippen molar-refractivity contribution in [1.29, 1.82) is 0 Å². The molecule has 0 aliphatic rings. The van der Waals surface area contributed by atoms with Gasteiger partial charge in [-0.15, -0.1) is 0 Å². The van der Waals surface area contributed by atoms with Crippen LogP contribution in [0.3, 0.4) is 0 Å². The van der Waals surface area contributed by atoms with E-state index in [4.69, 9.17) is 23.8 Å². The summed E-state index contributed by atoms with van der Waals surface area (Å²) in [6.07, 6.45) is 1.63. The molecule has 1 aromatic heterocycles. The van der Waals surface area contributed by atoms with Crippen LogP contribution in [-0.2, 0) is 0 Å². The number of rotatable bonds is 0. The van der Waals surface area contributed by atoms with Crippen molar-refractivity contribution >= 4 is 23.8 Å². The van der Waals surface area contributed by atoms with E-state index in [-0.39, 0.29) is 0 Å². The molecule has 0 bridgehead atoms. The van der Waals surface area contributed by atoms with Crippen molar-refractivity contribution < 1.29 is 0 Å². The molecule has 1 heterocycles. The topological polar surface area (TPSA) is 28.7 Å². The van der Waals surface area contributed by atoms with Gasteiger partial charge in [-0.3, -0.25) is 5.10 Å². The molecule has 1 aromatic rings. The van der Waals surface area contributed by atoms with Gasteiger partial charge in [-0.2, -0.15) is 5.10 Å². The summed E-state index contributed by atoms with van der Waals surface area (Å²) < 4.78 is 0.574. The number of nitrogens with one attached hydrogen (secondary N) is 1. The highest BCUT2D eigenvalue weighted by Crippen LogP contribution is 2.01. The Morgan fingerprint density at radius 3 is 2.88 bits per heavy atom. The number of nitrogens with zero attached hydrogens (tertiary/aromatic N) is 1. The first kappa shape index (κ1) is 5.72. The number of hydrogen-bond acceptors (Lipinski definition) is 2. The smallest absolute Gasteiger partial charge is 0.167 e. The van der Waals surface area contributed by atoms with Gasteiger partial charge in [-0.05, 0) is 6.07 Å². The first-order chi connectivity index (χ1) is 3.80. The van der Waals surface area contributed by atoms with Crippen molar-refractivity contribution in [3.63, 3.8) is 0 Å². The minimum Gasteiger partial charge on any atom is -0.284 e. The molecule has 0 fully saturated rings. The van der Waals surface area contributed by atoms with Crippen LogP contribution in [0.2, 0.25) is 5.15 Å². The molecular formula is C4H3ClN2S. The average molecular weight is 147 g/mol. The number of aromatic nitrogens is 2. The molecule has 0 aliphatic heterocycles. The first-order valence-electron chi connectivity index (χ1n) is 2.00. The lowest BCUT2D eigenvalue weighted by Crippen LogP contribution is -1.77. The van der Waals surface area contributed by atoms with E-state index < -0.39 is 0 Å². The molecule has 0 saturated carbocycles. The molecule has 42 valence electrons. The van der Waals surface area contributed by atoms with Crippen molar-refractivity contribution in [1.82, 2.24) is 10.2 Å². The van der Waals surface area contributed by atoms with Gasteiger partial charge in [0, 0.05) is 6.20 Å². The van der Waals surface area contributed by atoms with E-state index in [9.17, 15) is 0 Å². The first-order valence-corrected chi connectivity index (χ1v) is 2.79. The van der Waals surface area contributed by atoms with Crippen molar-refractivity contribution in [3.8, 4) is 0 Å². The summed E-state index contributed by atoms with van der Waals surface area (Å²) in [4.78, 5) is 0. The van der Waals surface area contributed by atoms with Crippen LogP contribution >= 0.6 is 23.8 Å². The lowest BCUT2D eigenvalue weighted by atomic mass is 10.6. The fourth-order valence-corrected chi connectivity index (χ4v) is 0.556. The van der Waals surface area contributed by atoms with E-state index in [1.165, 1.54) is 0 Å². The minimum atomic E-state index is 0.350. The number of halogens is 1. The molecule has 0 saturated heterocycles. The minimum absolute atomic E-state index is 0.350. The zero-order valence-electron chi connectivity index (χ0n) is 3.89. The molecule has 0 unspecified atom stereocenters. The molecule has 0 radical (unpaired) electrons. The average Bonchev–Trinajstić information content (AvgIpc) is 1.77. The second-order valence-electron chi connectivity index (χ2n) is 1.23. The van der Waals surface area contributed by atoms with Gasteiger partial charge in [0.2, 0.25) is 0 Å². The fraction of sp³-hybridized carbons (Fsp3) is 0. The summed E-state index contributed by atoms with van der Waals surface area (Å²) in [5.41, 5.74) is 0. The summed E-state index contributed by atoms with van der Waals surface area (Å²) >= 11 is 10.2. The van der Waals surface area contributed by atoms with E-state index in [2.05, 4.69) is 10.2 Å². The maximum absolute atomic E-state index is 5.46. The van der Waals surface area contributed by atoms with Crippen LogP contribution in [0.5, 0.6) is 0 Å². The number of aromatic amines is 1. The van der Waals surface area contributed by atoms with Crippen LogP contribution in [0.1, 0.15) is 0 Å². The summed E-state index contributed by atoms with van der Waals surface area (Å²) in [5, 5.41) is 6.52. The van der Waals surface area contributed by atoms with E-state index in [1.54, 1.807) is 12.3 Å². The van der Waals surface area contributed by atoms with Crippen LogP contribution in [0, 0.1) is 4.51 Å². The molecule has 1 N–H and O–H groups in total. The zero-order valence-corrected chi connectivity index (χ0v) is 5.46. The van der Waals surface area contributed by atoms with Crippen molar-refractivity contribution in [2.45, 2.75) is 0 Å². The molecule has 1 rings (SSSR count). The Kier molecular flexibility index (Phi) is 1.60. The fourth-order valence-electron chi connectivity index (χ4n) is 0.331. The lowest BCUT2D eigenvalue weighted by molar-refractivity contribution is 1.03. The van der Waals surface area contributed by atoms with Gasteiger partial charge in [0.05, 0.1) is 4.51 Å². The molecule has 0 atom stereocenters. The maximum Gasteiger partial charge on any atom is 0.167 e. The molecule has 4 heteroatoms. The number of hydrogen-bond donors (Lipinski definition) is 1. The summed E-state index contributed by atoms with van der Waals surface area (Å²) in [7, 11) is 0. The Labute approximate surface area is 56.5 Å². The van der Waals surface area contributed by atoms with Gasteiger partial charge in [0.15, 0.2) is 5.15 Å². The van der Waals surface area contributed by atoms with Crippen molar-refractivity contribution in [2.24, 2.45) is 0 Å². The highest BCUT2D eigenvalue weighted by molar-refractivity contribution is 7.71. The standard InChI is InChI=1S/C4H3ClN2S/c5-4-3(8)1-2-6-7-4/h1-2H,(H,6,8). The third-order valence-corrected chi connectivity index (χ3v) is 1.40. The van der Waals surface area contributed by atoms with Crippen LogP contribution < -0.4 is 0 Å². The van der Waals surface area contributed by atoms with E-state index in [1.807, 2.05) is 0 Å². The van der Waals surface area contributed by atoms with Crippen LogP contribution in [-0.4, -0.2) is 10.2 Å². The predicted molar refractivity (Wildman–Crippen MR) is 34.4 cm³/mol. The van der Waals surface area contributed by atoms with Crippen LogP contribution in [0.25, 0.3) is 0 Å². The summed E-state index contributed by atoms with van der Waals surface area (Å²) in [6, 6.07) is 1.69. The molecule has 2 nitrogen and oxygen atoms in total. The molecule has 0 aliphatic carbocycles. The van der Waals surface area contributed by atoms with E-state index >= 15 is 0 Å². The summed E-state index contributed by atoms with van der Waals surface area (Å²) in [5.74, 6) is 0. The lowest BCUT2D eigenvalue weighted by Gasteiger charge is -1.83. The second-order valence-corrected chi connectivity index (χ2v) is 2.03. The Balaban J connectivity index is 3.35. The van der Waals surface area contributed by atoms with Crippen molar-refractivity contribution in [2.75, 3.05) is 0 Å². The Morgan fingerprint density at radius 2 is 2.50 bits per heavy atom. The molecular weight excluding hydrogens is 144 g/mol. The highest BCUT2D eigenvalue weighted by Gasteiger charge is 1.84. The SMILES string of the molecule is S=c1cc[nH]nc1Cl. The van der Waals surface area contributed by atoms with Crippen LogP contribution in [0.4, 0.5) is 0 Å². The maximum atomic E-state index is 5.46. The summed E-state index contributed by atoms with van der Waals surface area (Å²) in [6.45, 7) is 0. The predicted octanol–water partition coefficient (Wildman–Crippen LogP) is 1.79. The van der Waals surface area contributed by atoms with Gasteiger partial charge in [-0.25, -0.2) is 0 Å². The molecule has 0 spiro atoms.